The molecule has 3 rings (SSSR count). The van der Waals surface area contributed by atoms with Gasteiger partial charge in [-0.25, -0.2) is 8.42 Å². The first-order chi connectivity index (χ1) is 14.2. The third-order valence-electron chi connectivity index (χ3n) is 5.72. The summed E-state index contributed by atoms with van der Waals surface area (Å²) in [5.74, 6) is 0.620. The van der Waals surface area contributed by atoms with E-state index in [1.807, 2.05) is 45.0 Å². The number of hydrogen-bond donors (Lipinski definition) is 1. The molecule has 6 nitrogen and oxygen atoms in total. The topological polar surface area (TPSA) is 75.7 Å². The van der Waals surface area contributed by atoms with Crippen LogP contribution in [0.25, 0.3) is 0 Å². The summed E-state index contributed by atoms with van der Waals surface area (Å²) in [7, 11) is -3.58. The molecule has 2 aromatic carbocycles. The lowest BCUT2D eigenvalue weighted by molar-refractivity contribution is -0.132. The van der Waals surface area contributed by atoms with Gasteiger partial charge in [0.15, 0.2) is 0 Å². The summed E-state index contributed by atoms with van der Waals surface area (Å²) in [6.07, 6.45) is 0.978. The largest absolute Gasteiger partial charge is 0.494 e. The lowest BCUT2D eigenvalue weighted by Crippen LogP contribution is -2.48. The number of amides is 1. The van der Waals surface area contributed by atoms with E-state index in [1.54, 1.807) is 24.3 Å². The maximum Gasteiger partial charge on any atom is 0.243 e. The number of nitrogens with one attached hydrogen (secondary N) is 1. The fourth-order valence-electron chi connectivity index (χ4n) is 3.57. The summed E-state index contributed by atoms with van der Waals surface area (Å²) in [5.41, 5.74) is 1.65. The van der Waals surface area contributed by atoms with Crippen molar-refractivity contribution in [3.05, 3.63) is 59.7 Å². The molecule has 0 radical (unpaired) electrons. The van der Waals surface area contributed by atoms with Gasteiger partial charge in [0.2, 0.25) is 15.9 Å². The number of hydrogen-bond acceptors (Lipinski definition) is 4. The lowest BCUT2D eigenvalue weighted by atomic mass is 9.80. The monoisotopic (exact) mass is 430 g/mol. The molecule has 1 aliphatic heterocycles. The summed E-state index contributed by atoms with van der Waals surface area (Å²) < 4.78 is 32.8. The summed E-state index contributed by atoms with van der Waals surface area (Å²) in [6, 6.07) is 14.5. The Balaban J connectivity index is 1.59. The van der Waals surface area contributed by atoms with Crippen molar-refractivity contribution in [1.82, 2.24) is 9.62 Å². The summed E-state index contributed by atoms with van der Waals surface area (Å²) in [6.45, 7) is 7.48. The average Bonchev–Trinajstić information content (AvgIpc) is 2.74. The Morgan fingerprint density at radius 1 is 1.07 bits per heavy atom. The first-order valence-corrected chi connectivity index (χ1v) is 11.8. The number of sulfonamides is 1. The smallest absolute Gasteiger partial charge is 0.243 e. The Labute approximate surface area is 179 Å². The van der Waals surface area contributed by atoms with Crippen LogP contribution < -0.4 is 10.1 Å². The third-order valence-corrected chi connectivity index (χ3v) is 7.63. The number of ether oxygens (including phenoxy) is 1. The van der Waals surface area contributed by atoms with E-state index in [0.29, 0.717) is 44.8 Å². The number of carbonyl (C=O) groups excluding carboxylic acids is 1. The fourth-order valence-corrected chi connectivity index (χ4v) is 5.01. The van der Waals surface area contributed by atoms with E-state index in [1.165, 1.54) is 9.87 Å². The van der Waals surface area contributed by atoms with E-state index in [2.05, 4.69) is 5.32 Å². The molecule has 0 aromatic heterocycles. The minimum absolute atomic E-state index is 0.0267. The Hall–Kier alpha value is -2.38. The van der Waals surface area contributed by atoms with Gasteiger partial charge in [0.25, 0.3) is 0 Å². The van der Waals surface area contributed by atoms with Crippen molar-refractivity contribution in [2.75, 3.05) is 19.7 Å². The van der Waals surface area contributed by atoms with Crippen molar-refractivity contribution in [3.8, 4) is 5.75 Å². The number of rotatable bonds is 7. The third kappa shape index (κ3) is 5.02. The molecule has 0 unspecified atom stereocenters. The van der Waals surface area contributed by atoms with E-state index in [9.17, 15) is 13.2 Å². The van der Waals surface area contributed by atoms with Crippen molar-refractivity contribution in [2.24, 2.45) is 5.41 Å². The van der Waals surface area contributed by atoms with Gasteiger partial charge >= 0.3 is 0 Å². The van der Waals surface area contributed by atoms with Crippen LogP contribution in [-0.4, -0.2) is 38.3 Å². The van der Waals surface area contributed by atoms with Crippen LogP contribution in [0.3, 0.4) is 0 Å². The fraction of sp³-hybridized carbons (Fsp3) is 0.435. The molecule has 30 heavy (non-hydrogen) atoms. The molecule has 1 heterocycles. The molecule has 7 heteroatoms. The zero-order chi connectivity index (χ0) is 21.8. The molecule has 0 bridgehead atoms. The van der Waals surface area contributed by atoms with Crippen LogP contribution >= 0.6 is 0 Å². The highest BCUT2D eigenvalue weighted by molar-refractivity contribution is 7.89. The lowest BCUT2D eigenvalue weighted by Gasteiger charge is -2.37. The molecule has 1 amide bonds. The number of nitrogens with zero attached hydrogens (tertiary/aromatic N) is 1. The summed E-state index contributed by atoms with van der Waals surface area (Å²) in [5, 5.41) is 3.01. The SMILES string of the molecule is CCOc1ccc(S(=O)(=O)N2CCC(C)(C(=O)NCc3ccc(C)cc3)CC2)cc1. The van der Waals surface area contributed by atoms with Gasteiger partial charge in [-0.2, -0.15) is 4.31 Å². The van der Waals surface area contributed by atoms with Crippen molar-refractivity contribution in [1.29, 1.82) is 0 Å². The van der Waals surface area contributed by atoms with Crippen LogP contribution in [0.5, 0.6) is 5.75 Å². The highest BCUT2D eigenvalue weighted by atomic mass is 32.2. The van der Waals surface area contributed by atoms with Crippen LogP contribution in [0.1, 0.15) is 37.8 Å². The molecule has 0 atom stereocenters. The minimum atomic E-state index is -3.58. The van der Waals surface area contributed by atoms with Crippen molar-refractivity contribution in [2.45, 2.75) is 45.1 Å². The van der Waals surface area contributed by atoms with Crippen LogP contribution in [0, 0.1) is 12.3 Å². The van der Waals surface area contributed by atoms with E-state index >= 15 is 0 Å². The van der Waals surface area contributed by atoms with Gasteiger partial charge in [0, 0.05) is 25.0 Å². The number of aryl methyl sites for hydroxylation is 1. The molecule has 2 aromatic rings. The van der Waals surface area contributed by atoms with Gasteiger partial charge in [-0.15, -0.1) is 0 Å². The molecule has 1 aliphatic rings. The van der Waals surface area contributed by atoms with Crippen LogP contribution in [0.4, 0.5) is 0 Å². The van der Waals surface area contributed by atoms with E-state index < -0.39 is 15.4 Å². The maximum atomic E-state index is 13.0. The van der Waals surface area contributed by atoms with Gasteiger partial charge in [0.05, 0.1) is 11.5 Å². The second kappa shape index (κ2) is 9.18. The maximum absolute atomic E-state index is 13.0. The Kier molecular flexibility index (Phi) is 6.83. The molecule has 0 aliphatic carbocycles. The molecular weight excluding hydrogens is 400 g/mol. The number of piperidine rings is 1. The molecule has 0 spiro atoms. The van der Waals surface area contributed by atoms with Crippen LogP contribution in [0.2, 0.25) is 0 Å². The molecule has 1 N–H and O–H groups in total. The first kappa shape index (κ1) is 22.3. The van der Waals surface area contributed by atoms with Crippen LogP contribution in [0.15, 0.2) is 53.4 Å². The Morgan fingerprint density at radius 2 is 1.67 bits per heavy atom. The zero-order valence-corrected chi connectivity index (χ0v) is 18.7. The van der Waals surface area contributed by atoms with Gasteiger partial charge in [-0.1, -0.05) is 36.8 Å². The minimum Gasteiger partial charge on any atom is -0.494 e. The van der Waals surface area contributed by atoms with Crippen LogP contribution in [-0.2, 0) is 21.4 Å². The van der Waals surface area contributed by atoms with E-state index in [0.717, 1.165) is 5.56 Å². The van der Waals surface area contributed by atoms with Gasteiger partial charge < -0.3 is 10.1 Å². The highest BCUT2D eigenvalue weighted by Gasteiger charge is 2.40. The zero-order valence-electron chi connectivity index (χ0n) is 17.8. The molecule has 0 saturated carbocycles. The second-order valence-electron chi connectivity index (χ2n) is 8.04. The highest BCUT2D eigenvalue weighted by Crippen LogP contribution is 2.34. The van der Waals surface area contributed by atoms with E-state index in [-0.39, 0.29) is 10.8 Å². The predicted octanol–water partition coefficient (Wildman–Crippen LogP) is 3.50. The van der Waals surface area contributed by atoms with Crippen molar-refractivity contribution in [3.63, 3.8) is 0 Å². The van der Waals surface area contributed by atoms with Crippen molar-refractivity contribution >= 4 is 15.9 Å². The molecule has 162 valence electrons. The molecular formula is C23H30N2O4S. The van der Waals surface area contributed by atoms with Gasteiger partial charge in [-0.05, 0) is 56.5 Å². The second-order valence-corrected chi connectivity index (χ2v) is 9.98. The van der Waals surface area contributed by atoms with Gasteiger partial charge in [0.1, 0.15) is 5.75 Å². The van der Waals surface area contributed by atoms with Crippen molar-refractivity contribution < 1.29 is 17.9 Å². The number of carbonyl (C=O) groups is 1. The quantitative estimate of drug-likeness (QED) is 0.729. The van der Waals surface area contributed by atoms with E-state index in [4.69, 9.17) is 4.74 Å². The Morgan fingerprint density at radius 3 is 2.23 bits per heavy atom. The first-order valence-electron chi connectivity index (χ1n) is 10.3. The predicted molar refractivity (Wildman–Crippen MR) is 117 cm³/mol. The number of benzene rings is 2. The molecule has 1 fully saturated rings. The summed E-state index contributed by atoms with van der Waals surface area (Å²) in [4.78, 5) is 13.0. The Bertz CT molecular complexity index is 961. The normalized spacial score (nSPS) is 16.8. The summed E-state index contributed by atoms with van der Waals surface area (Å²) >= 11 is 0. The average molecular weight is 431 g/mol. The molecule has 1 saturated heterocycles. The standard InChI is InChI=1S/C23H30N2O4S/c1-4-29-20-9-11-21(12-10-20)30(27,28)25-15-13-23(3,14-16-25)22(26)24-17-19-7-5-18(2)6-8-19/h5-12H,4,13-17H2,1-3H3,(H,24,26). The van der Waals surface area contributed by atoms with Gasteiger partial charge in [-0.3, -0.25) is 4.79 Å².